The Morgan fingerprint density at radius 3 is 3.00 bits per heavy atom. The molecule has 1 aromatic heterocycles. The van der Waals surface area contributed by atoms with Crippen molar-refractivity contribution in [2.75, 3.05) is 25.1 Å². The summed E-state index contributed by atoms with van der Waals surface area (Å²) >= 11 is 3.42. The second-order valence-electron chi connectivity index (χ2n) is 4.70. The van der Waals surface area contributed by atoms with Crippen LogP contribution in [-0.4, -0.2) is 29.7 Å². The molecule has 1 aromatic rings. The van der Waals surface area contributed by atoms with E-state index in [4.69, 9.17) is 4.74 Å². The van der Waals surface area contributed by atoms with E-state index < -0.39 is 0 Å². The minimum atomic E-state index is 0.336. The fraction of sp³-hybridized carbons (Fsp3) is 0.667. The molecule has 1 aliphatic rings. The number of nitrogens with zero attached hydrogens (tertiary/aromatic N) is 2. The molecule has 0 spiro atoms. The summed E-state index contributed by atoms with van der Waals surface area (Å²) in [5.41, 5.74) is 0. The molecule has 0 amide bonds. The van der Waals surface area contributed by atoms with Gasteiger partial charge in [-0.05, 0) is 22.4 Å². The van der Waals surface area contributed by atoms with Gasteiger partial charge in [0.1, 0.15) is 16.2 Å². The molecule has 2 heterocycles. The van der Waals surface area contributed by atoms with Crippen molar-refractivity contribution in [2.24, 2.45) is 5.92 Å². The zero-order chi connectivity index (χ0) is 12.3. The van der Waals surface area contributed by atoms with E-state index >= 15 is 0 Å². The molecule has 0 aliphatic carbocycles. The molecule has 1 unspecified atom stereocenters. The molecule has 1 aliphatic heterocycles. The lowest BCUT2D eigenvalue weighted by molar-refractivity contribution is 0.187. The van der Waals surface area contributed by atoms with Crippen LogP contribution in [-0.2, 0) is 4.74 Å². The van der Waals surface area contributed by atoms with E-state index in [1.807, 2.05) is 6.07 Å². The van der Waals surface area contributed by atoms with Crippen molar-refractivity contribution in [1.82, 2.24) is 9.97 Å². The minimum absolute atomic E-state index is 0.336. The molecule has 4 nitrogen and oxygen atoms in total. The van der Waals surface area contributed by atoms with Crippen molar-refractivity contribution in [3.63, 3.8) is 0 Å². The molecular weight excluding hydrogens is 282 g/mol. The van der Waals surface area contributed by atoms with Gasteiger partial charge in [-0.1, -0.05) is 13.8 Å². The van der Waals surface area contributed by atoms with Crippen LogP contribution in [0.2, 0.25) is 0 Å². The van der Waals surface area contributed by atoms with E-state index in [1.54, 1.807) is 0 Å². The molecule has 94 valence electrons. The number of nitrogens with one attached hydrogen (secondary N) is 1. The molecule has 0 saturated carbocycles. The first kappa shape index (κ1) is 12.8. The Morgan fingerprint density at radius 1 is 1.53 bits per heavy atom. The van der Waals surface area contributed by atoms with Gasteiger partial charge in [-0.3, -0.25) is 0 Å². The lowest BCUT2D eigenvalue weighted by Gasteiger charge is -2.12. The molecule has 0 radical (unpaired) electrons. The number of hydrogen-bond acceptors (Lipinski definition) is 4. The van der Waals surface area contributed by atoms with Crippen LogP contribution in [0.3, 0.4) is 0 Å². The highest BCUT2D eigenvalue weighted by atomic mass is 79.9. The monoisotopic (exact) mass is 299 g/mol. The predicted octanol–water partition coefficient (Wildman–Crippen LogP) is 2.81. The first-order chi connectivity index (χ1) is 8.15. The van der Waals surface area contributed by atoms with Gasteiger partial charge in [0.05, 0.1) is 6.61 Å². The summed E-state index contributed by atoms with van der Waals surface area (Å²) in [5, 5.41) is 3.36. The van der Waals surface area contributed by atoms with E-state index in [1.165, 1.54) is 0 Å². The van der Waals surface area contributed by atoms with Crippen molar-refractivity contribution in [3.05, 3.63) is 16.5 Å². The van der Waals surface area contributed by atoms with Crippen molar-refractivity contribution >= 4 is 21.7 Å². The summed E-state index contributed by atoms with van der Waals surface area (Å²) in [7, 11) is 0. The maximum Gasteiger partial charge on any atom is 0.134 e. The normalized spacial score (nSPS) is 19.9. The molecule has 1 atom stereocenters. The van der Waals surface area contributed by atoms with Crippen LogP contribution in [0.25, 0.3) is 0 Å². The van der Waals surface area contributed by atoms with Gasteiger partial charge in [0.15, 0.2) is 0 Å². The highest BCUT2D eigenvalue weighted by Crippen LogP contribution is 2.19. The van der Waals surface area contributed by atoms with Gasteiger partial charge in [0.25, 0.3) is 0 Å². The summed E-state index contributed by atoms with van der Waals surface area (Å²) in [6.07, 6.45) is 1.14. The second-order valence-corrected chi connectivity index (χ2v) is 5.51. The first-order valence-corrected chi connectivity index (χ1v) is 6.80. The predicted molar refractivity (Wildman–Crippen MR) is 71.2 cm³/mol. The van der Waals surface area contributed by atoms with Crippen LogP contribution in [0.1, 0.15) is 32.0 Å². The highest BCUT2D eigenvalue weighted by Gasteiger charge is 2.15. The number of rotatable bonds is 4. The molecule has 0 bridgehead atoms. The summed E-state index contributed by atoms with van der Waals surface area (Å²) in [5.74, 6) is 2.70. The Bertz CT molecular complexity index is 378. The average molecular weight is 300 g/mol. The van der Waals surface area contributed by atoms with Gasteiger partial charge in [-0.2, -0.15) is 0 Å². The molecule has 1 N–H and O–H groups in total. The second kappa shape index (κ2) is 5.78. The summed E-state index contributed by atoms with van der Waals surface area (Å²) in [6.45, 7) is 6.85. The zero-order valence-electron chi connectivity index (χ0n) is 10.2. The minimum Gasteiger partial charge on any atom is -0.381 e. The van der Waals surface area contributed by atoms with Crippen LogP contribution in [0.15, 0.2) is 10.7 Å². The lowest BCUT2D eigenvalue weighted by atomic mass is 10.1. The molecule has 1 saturated heterocycles. The maximum atomic E-state index is 5.35. The van der Waals surface area contributed by atoms with E-state index in [9.17, 15) is 0 Å². The van der Waals surface area contributed by atoms with Gasteiger partial charge < -0.3 is 10.1 Å². The summed E-state index contributed by atoms with van der Waals surface area (Å²) in [6, 6.07) is 1.92. The van der Waals surface area contributed by atoms with Crippen molar-refractivity contribution < 1.29 is 4.74 Å². The topological polar surface area (TPSA) is 47.0 Å². The quantitative estimate of drug-likeness (QED) is 0.869. The van der Waals surface area contributed by atoms with Crippen LogP contribution in [0.5, 0.6) is 0 Å². The summed E-state index contributed by atoms with van der Waals surface area (Å²) in [4.78, 5) is 8.85. The third-order valence-electron chi connectivity index (χ3n) is 2.82. The Balaban J connectivity index is 1.99. The van der Waals surface area contributed by atoms with E-state index in [-0.39, 0.29) is 0 Å². The van der Waals surface area contributed by atoms with Crippen LogP contribution in [0.4, 0.5) is 5.82 Å². The van der Waals surface area contributed by atoms with Crippen LogP contribution in [0, 0.1) is 5.92 Å². The van der Waals surface area contributed by atoms with E-state index in [0.717, 1.165) is 42.4 Å². The van der Waals surface area contributed by atoms with Gasteiger partial charge in [-0.15, -0.1) is 0 Å². The first-order valence-electron chi connectivity index (χ1n) is 6.01. The Labute approximate surface area is 110 Å². The maximum absolute atomic E-state index is 5.35. The zero-order valence-corrected chi connectivity index (χ0v) is 11.8. The SMILES string of the molecule is CC(C)c1nc(Br)cc(NCC2CCOC2)n1. The fourth-order valence-electron chi connectivity index (χ4n) is 1.78. The van der Waals surface area contributed by atoms with Gasteiger partial charge >= 0.3 is 0 Å². The number of ether oxygens (including phenoxy) is 1. The fourth-order valence-corrected chi connectivity index (χ4v) is 2.18. The van der Waals surface area contributed by atoms with Crippen LogP contribution >= 0.6 is 15.9 Å². The van der Waals surface area contributed by atoms with Gasteiger partial charge in [-0.25, -0.2) is 9.97 Å². The number of hydrogen-bond donors (Lipinski definition) is 1. The molecule has 5 heteroatoms. The molecule has 1 fully saturated rings. The smallest absolute Gasteiger partial charge is 0.134 e. The van der Waals surface area contributed by atoms with E-state index in [0.29, 0.717) is 11.8 Å². The summed E-state index contributed by atoms with van der Waals surface area (Å²) < 4.78 is 6.18. The lowest BCUT2D eigenvalue weighted by Crippen LogP contribution is -2.15. The Hall–Kier alpha value is -0.680. The third kappa shape index (κ3) is 3.64. The number of anilines is 1. The Morgan fingerprint density at radius 2 is 2.35 bits per heavy atom. The molecule has 0 aromatic carbocycles. The largest absolute Gasteiger partial charge is 0.381 e. The van der Waals surface area contributed by atoms with Crippen molar-refractivity contribution in [2.45, 2.75) is 26.2 Å². The van der Waals surface area contributed by atoms with Crippen LogP contribution < -0.4 is 5.32 Å². The van der Waals surface area contributed by atoms with Gasteiger partial charge in [0.2, 0.25) is 0 Å². The van der Waals surface area contributed by atoms with E-state index in [2.05, 4.69) is 45.1 Å². The Kier molecular flexibility index (Phi) is 4.34. The molecule has 17 heavy (non-hydrogen) atoms. The molecular formula is C12H18BrN3O. The molecule has 2 rings (SSSR count). The van der Waals surface area contributed by atoms with Crippen molar-refractivity contribution in [3.8, 4) is 0 Å². The number of halogens is 1. The highest BCUT2D eigenvalue weighted by molar-refractivity contribution is 9.10. The van der Waals surface area contributed by atoms with Crippen molar-refractivity contribution in [1.29, 1.82) is 0 Å². The number of aromatic nitrogens is 2. The standard InChI is InChI=1S/C12H18BrN3O/c1-8(2)12-15-10(13)5-11(16-12)14-6-9-3-4-17-7-9/h5,8-9H,3-4,6-7H2,1-2H3,(H,14,15,16). The van der Waals surface area contributed by atoms with Gasteiger partial charge in [0, 0.05) is 31.1 Å². The third-order valence-corrected chi connectivity index (χ3v) is 3.23. The average Bonchev–Trinajstić information content (AvgIpc) is 2.78.